The van der Waals surface area contributed by atoms with E-state index in [0.29, 0.717) is 23.7 Å². The third kappa shape index (κ3) is 4.14. The molecule has 2 nitrogen and oxygen atoms in total. The van der Waals surface area contributed by atoms with Crippen LogP contribution in [0.15, 0.2) is 48.5 Å². The van der Waals surface area contributed by atoms with Crippen LogP contribution in [0.1, 0.15) is 89.7 Å². The Morgan fingerprint density at radius 3 is 1.91 bits per heavy atom. The Morgan fingerprint density at radius 2 is 1.31 bits per heavy atom. The van der Waals surface area contributed by atoms with Gasteiger partial charge in [-0.15, -0.1) is 0 Å². The lowest BCUT2D eigenvalue weighted by molar-refractivity contribution is -0.0304. The lowest BCUT2D eigenvalue weighted by Crippen LogP contribution is -2.50. The fraction of sp³-hybridized carbons (Fsp3) is 0.567. The lowest BCUT2D eigenvalue weighted by Gasteiger charge is -2.44. The number of Topliss-reactive ketones (excluding diaryl/α,β-unsaturated/α-hetero) is 1. The fourth-order valence-electron chi connectivity index (χ4n) is 6.22. The first-order chi connectivity index (χ1) is 15.1. The van der Waals surface area contributed by atoms with Gasteiger partial charge in [0.05, 0.1) is 12.0 Å². The Labute approximate surface area is 195 Å². The minimum Gasteiger partial charge on any atom is -0.486 e. The standard InChI is InChI=1S/C15H20O2.C15H22/c1-10(2)15(11(3)4)9-13(16)12-7-5-6-8-14(12)17-15;1-11(2)15(12(3)4)10-9-13-7-5-6-8-14(13)15/h5-8,10-11H,9H2,1-4H3;5-8,11-12H,9-10H2,1-4H3. The summed E-state index contributed by atoms with van der Waals surface area (Å²) < 4.78 is 6.19. The number of aryl methyl sites for hydroxylation is 1. The first-order valence-electron chi connectivity index (χ1n) is 12.5. The van der Waals surface area contributed by atoms with Crippen molar-refractivity contribution in [2.24, 2.45) is 23.7 Å². The molecule has 2 heteroatoms. The molecule has 0 N–H and O–H groups in total. The summed E-state index contributed by atoms with van der Waals surface area (Å²) in [6, 6.07) is 16.6. The zero-order chi connectivity index (χ0) is 23.7. The molecule has 0 amide bonds. The minimum atomic E-state index is -0.356. The van der Waals surface area contributed by atoms with Crippen LogP contribution in [0.3, 0.4) is 0 Å². The highest BCUT2D eigenvalue weighted by atomic mass is 16.5. The summed E-state index contributed by atoms with van der Waals surface area (Å²) in [7, 11) is 0. The first-order valence-corrected chi connectivity index (χ1v) is 12.5. The van der Waals surface area contributed by atoms with Crippen LogP contribution in [0.5, 0.6) is 5.75 Å². The van der Waals surface area contributed by atoms with Crippen LogP contribution in [-0.2, 0) is 11.8 Å². The summed E-state index contributed by atoms with van der Waals surface area (Å²) in [5, 5.41) is 0. The normalized spacial score (nSPS) is 18.3. The minimum absolute atomic E-state index is 0.203. The van der Waals surface area contributed by atoms with Gasteiger partial charge in [-0.05, 0) is 59.8 Å². The van der Waals surface area contributed by atoms with Gasteiger partial charge >= 0.3 is 0 Å². The van der Waals surface area contributed by atoms with Crippen molar-refractivity contribution in [3.8, 4) is 5.75 Å². The molecule has 0 spiro atoms. The number of carbonyl (C=O) groups is 1. The molecule has 2 aromatic carbocycles. The van der Waals surface area contributed by atoms with Crippen molar-refractivity contribution in [2.45, 2.75) is 85.7 Å². The van der Waals surface area contributed by atoms with Crippen molar-refractivity contribution in [3.63, 3.8) is 0 Å². The second-order valence-corrected chi connectivity index (χ2v) is 11.0. The smallest absolute Gasteiger partial charge is 0.170 e. The van der Waals surface area contributed by atoms with E-state index in [0.717, 1.165) is 23.1 Å². The quantitative estimate of drug-likeness (QED) is 0.489. The number of ether oxygens (including phenoxy) is 1. The van der Waals surface area contributed by atoms with E-state index in [1.54, 1.807) is 11.1 Å². The highest BCUT2D eigenvalue weighted by Gasteiger charge is 2.45. The van der Waals surface area contributed by atoms with Crippen LogP contribution in [0.2, 0.25) is 0 Å². The summed E-state index contributed by atoms with van der Waals surface area (Å²) in [5.41, 5.74) is 4.00. The van der Waals surface area contributed by atoms with Gasteiger partial charge in [-0.25, -0.2) is 0 Å². The van der Waals surface area contributed by atoms with Crippen LogP contribution in [0, 0.1) is 23.7 Å². The van der Waals surface area contributed by atoms with E-state index in [2.05, 4.69) is 79.7 Å². The Kier molecular flexibility index (Phi) is 7.22. The molecule has 32 heavy (non-hydrogen) atoms. The van der Waals surface area contributed by atoms with Crippen molar-refractivity contribution >= 4 is 5.78 Å². The lowest BCUT2D eigenvalue weighted by atomic mass is 9.65. The van der Waals surface area contributed by atoms with E-state index in [-0.39, 0.29) is 11.4 Å². The van der Waals surface area contributed by atoms with Crippen molar-refractivity contribution < 1.29 is 9.53 Å². The maximum absolute atomic E-state index is 12.2. The molecule has 0 aromatic heterocycles. The van der Waals surface area contributed by atoms with E-state index in [9.17, 15) is 4.79 Å². The summed E-state index contributed by atoms with van der Waals surface area (Å²) in [6.07, 6.45) is 3.09. The molecule has 1 aliphatic carbocycles. The summed E-state index contributed by atoms with van der Waals surface area (Å²) in [6.45, 7) is 18.0. The monoisotopic (exact) mass is 434 g/mol. The zero-order valence-electron chi connectivity index (χ0n) is 21.4. The zero-order valence-corrected chi connectivity index (χ0v) is 21.4. The van der Waals surface area contributed by atoms with Crippen LogP contribution in [-0.4, -0.2) is 11.4 Å². The van der Waals surface area contributed by atoms with Gasteiger partial charge in [0.15, 0.2) is 5.78 Å². The van der Waals surface area contributed by atoms with Gasteiger partial charge in [-0.3, -0.25) is 4.79 Å². The molecule has 0 atom stereocenters. The highest BCUT2D eigenvalue weighted by molar-refractivity contribution is 6.00. The average molecular weight is 435 g/mol. The molecule has 0 unspecified atom stereocenters. The largest absolute Gasteiger partial charge is 0.486 e. The Hall–Kier alpha value is -2.09. The van der Waals surface area contributed by atoms with Gasteiger partial charge in [0, 0.05) is 5.41 Å². The molecular formula is C30H42O2. The van der Waals surface area contributed by atoms with E-state index in [4.69, 9.17) is 4.74 Å². The Bertz CT molecular complexity index is 919. The highest BCUT2D eigenvalue weighted by Crippen LogP contribution is 2.49. The summed E-state index contributed by atoms with van der Waals surface area (Å²) in [4.78, 5) is 12.2. The van der Waals surface area contributed by atoms with Gasteiger partial charge in [0.1, 0.15) is 11.4 Å². The van der Waals surface area contributed by atoms with E-state index >= 15 is 0 Å². The molecule has 0 radical (unpaired) electrons. The predicted molar refractivity (Wildman–Crippen MR) is 135 cm³/mol. The molecule has 1 heterocycles. The summed E-state index contributed by atoms with van der Waals surface area (Å²) in [5.74, 6) is 3.06. The number of benzene rings is 2. The fourth-order valence-corrected chi connectivity index (χ4v) is 6.22. The first kappa shape index (κ1) is 24.6. The predicted octanol–water partition coefficient (Wildman–Crippen LogP) is 7.89. The van der Waals surface area contributed by atoms with Crippen molar-refractivity contribution in [1.29, 1.82) is 0 Å². The Balaban J connectivity index is 0.000000182. The van der Waals surface area contributed by atoms with Crippen LogP contribution >= 0.6 is 0 Å². The maximum atomic E-state index is 12.2. The van der Waals surface area contributed by atoms with Gasteiger partial charge < -0.3 is 4.74 Å². The SMILES string of the molecule is CC(C)C1(C(C)C)CC(=O)c2ccccc2O1.CC(C)C1(C(C)C)CCc2ccccc21. The number of carbonyl (C=O) groups excluding carboxylic acids is 1. The molecular weight excluding hydrogens is 392 g/mol. The number of rotatable bonds is 4. The molecule has 2 aliphatic rings. The number of ketones is 1. The molecule has 0 fully saturated rings. The molecule has 4 rings (SSSR count). The van der Waals surface area contributed by atoms with E-state index in [1.807, 2.05) is 24.3 Å². The van der Waals surface area contributed by atoms with Crippen LogP contribution in [0.4, 0.5) is 0 Å². The van der Waals surface area contributed by atoms with Crippen molar-refractivity contribution in [1.82, 2.24) is 0 Å². The van der Waals surface area contributed by atoms with Gasteiger partial charge in [0.2, 0.25) is 0 Å². The Morgan fingerprint density at radius 1 is 0.750 bits per heavy atom. The molecule has 174 valence electrons. The number of hydrogen-bond acceptors (Lipinski definition) is 2. The molecule has 0 saturated heterocycles. The second kappa shape index (κ2) is 9.41. The number of fused-ring (bicyclic) bond motifs is 2. The average Bonchev–Trinajstić information content (AvgIpc) is 3.15. The summed E-state index contributed by atoms with van der Waals surface area (Å²) >= 11 is 0. The third-order valence-corrected chi connectivity index (χ3v) is 8.27. The second-order valence-electron chi connectivity index (χ2n) is 11.0. The maximum Gasteiger partial charge on any atom is 0.170 e. The number of hydrogen-bond donors (Lipinski definition) is 0. The topological polar surface area (TPSA) is 26.3 Å². The van der Waals surface area contributed by atoms with Crippen LogP contribution < -0.4 is 4.74 Å². The molecule has 0 bridgehead atoms. The van der Waals surface area contributed by atoms with E-state index < -0.39 is 0 Å². The van der Waals surface area contributed by atoms with Gasteiger partial charge in [-0.2, -0.15) is 0 Å². The third-order valence-electron chi connectivity index (χ3n) is 8.27. The van der Waals surface area contributed by atoms with Gasteiger partial charge in [-0.1, -0.05) is 91.8 Å². The molecule has 2 aromatic rings. The van der Waals surface area contributed by atoms with Gasteiger partial charge in [0.25, 0.3) is 0 Å². The molecule has 0 saturated carbocycles. The number of para-hydroxylation sites is 1. The van der Waals surface area contributed by atoms with Crippen LogP contribution in [0.25, 0.3) is 0 Å². The van der Waals surface area contributed by atoms with Crippen molar-refractivity contribution in [3.05, 3.63) is 65.2 Å². The van der Waals surface area contributed by atoms with Crippen molar-refractivity contribution in [2.75, 3.05) is 0 Å². The molecule has 1 aliphatic heterocycles. The van der Waals surface area contributed by atoms with E-state index in [1.165, 1.54) is 12.8 Å².